The van der Waals surface area contributed by atoms with Crippen LogP contribution in [0.4, 0.5) is 5.69 Å². The lowest BCUT2D eigenvalue weighted by Gasteiger charge is -2.19. The highest BCUT2D eigenvalue weighted by molar-refractivity contribution is 5.97. The molecule has 2 rings (SSSR count). The first-order valence-corrected chi connectivity index (χ1v) is 7.83. The number of amides is 2. The second kappa shape index (κ2) is 8.13. The maximum atomic E-state index is 12.5. The molecule has 2 N–H and O–H groups in total. The molecular weight excluding hydrogens is 288 g/mol. The van der Waals surface area contributed by atoms with Crippen LogP contribution in [-0.2, 0) is 4.79 Å². The maximum Gasteiger partial charge on any atom is 0.251 e. The molecule has 0 bridgehead atoms. The number of anilines is 1. The molecule has 0 unspecified atom stereocenters. The summed E-state index contributed by atoms with van der Waals surface area (Å²) in [5.41, 5.74) is 2.26. The fourth-order valence-electron chi connectivity index (χ4n) is 2.48. The number of benzene rings is 2. The van der Waals surface area contributed by atoms with Gasteiger partial charge in [-0.05, 0) is 30.2 Å². The molecule has 0 aliphatic rings. The Morgan fingerprint density at radius 1 is 1.04 bits per heavy atom. The quantitative estimate of drug-likeness (QED) is 0.849. The first-order chi connectivity index (χ1) is 11.1. The van der Waals surface area contributed by atoms with Crippen molar-refractivity contribution in [2.45, 2.75) is 32.7 Å². The highest BCUT2D eigenvalue weighted by Gasteiger charge is 2.15. The van der Waals surface area contributed by atoms with Crippen LogP contribution in [0.5, 0.6) is 0 Å². The summed E-state index contributed by atoms with van der Waals surface area (Å²) >= 11 is 0. The molecular formula is C19H22N2O2. The first-order valence-electron chi connectivity index (χ1n) is 7.83. The molecule has 1 atom stereocenters. The molecule has 0 saturated carbocycles. The van der Waals surface area contributed by atoms with E-state index < -0.39 is 0 Å². The van der Waals surface area contributed by atoms with Crippen molar-refractivity contribution in [1.82, 2.24) is 5.32 Å². The Kier molecular flexibility index (Phi) is 5.92. The van der Waals surface area contributed by atoms with E-state index in [0.717, 1.165) is 18.4 Å². The van der Waals surface area contributed by atoms with Gasteiger partial charge in [-0.15, -0.1) is 0 Å². The summed E-state index contributed by atoms with van der Waals surface area (Å²) in [5.74, 6) is -0.296. The Labute approximate surface area is 136 Å². The first kappa shape index (κ1) is 16.7. The summed E-state index contributed by atoms with van der Waals surface area (Å²) in [4.78, 5) is 23.6. The van der Waals surface area contributed by atoms with Gasteiger partial charge in [-0.25, -0.2) is 0 Å². The van der Waals surface area contributed by atoms with Crippen molar-refractivity contribution in [3.8, 4) is 0 Å². The summed E-state index contributed by atoms with van der Waals surface area (Å²) in [6, 6.07) is 16.9. The summed E-state index contributed by atoms with van der Waals surface area (Å²) in [5, 5.41) is 5.77. The van der Waals surface area contributed by atoms with E-state index in [0.29, 0.717) is 11.3 Å². The van der Waals surface area contributed by atoms with Crippen LogP contribution in [0.3, 0.4) is 0 Å². The summed E-state index contributed by atoms with van der Waals surface area (Å²) < 4.78 is 0. The SMILES string of the molecule is CCC[C@H](NC(=O)c1cccc(NC(C)=O)c1)c1ccccc1. The third kappa shape index (κ3) is 4.95. The van der Waals surface area contributed by atoms with Crippen LogP contribution in [0.25, 0.3) is 0 Å². The van der Waals surface area contributed by atoms with Crippen LogP contribution >= 0.6 is 0 Å². The van der Waals surface area contributed by atoms with Crippen LogP contribution in [-0.4, -0.2) is 11.8 Å². The third-order valence-electron chi connectivity index (χ3n) is 3.53. The number of carbonyl (C=O) groups is 2. The van der Waals surface area contributed by atoms with Gasteiger partial charge < -0.3 is 10.6 Å². The molecule has 0 aromatic heterocycles. The number of hydrogen-bond acceptors (Lipinski definition) is 2. The molecule has 0 fully saturated rings. The lowest BCUT2D eigenvalue weighted by atomic mass is 10.0. The molecule has 0 saturated heterocycles. The van der Waals surface area contributed by atoms with Crippen LogP contribution in [0.15, 0.2) is 54.6 Å². The topological polar surface area (TPSA) is 58.2 Å². The predicted octanol–water partition coefficient (Wildman–Crippen LogP) is 3.92. The zero-order chi connectivity index (χ0) is 16.7. The smallest absolute Gasteiger partial charge is 0.251 e. The second-order valence-electron chi connectivity index (χ2n) is 5.49. The van der Waals surface area contributed by atoms with Crippen molar-refractivity contribution < 1.29 is 9.59 Å². The van der Waals surface area contributed by atoms with Crippen molar-refractivity contribution in [3.05, 3.63) is 65.7 Å². The zero-order valence-corrected chi connectivity index (χ0v) is 13.5. The van der Waals surface area contributed by atoms with Gasteiger partial charge in [0.15, 0.2) is 0 Å². The second-order valence-corrected chi connectivity index (χ2v) is 5.49. The lowest BCUT2D eigenvalue weighted by Crippen LogP contribution is -2.28. The van der Waals surface area contributed by atoms with E-state index in [1.807, 2.05) is 30.3 Å². The molecule has 0 heterocycles. The largest absolute Gasteiger partial charge is 0.345 e. The minimum Gasteiger partial charge on any atom is -0.345 e. The normalized spacial score (nSPS) is 11.6. The Balaban J connectivity index is 2.14. The molecule has 120 valence electrons. The molecule has 0 radical (unpaired) electrons. The van der Waals surface area contributed by atoms with Gasteiger partial charge >= 0.3 is 0 Å². The minimum atomic E-state index is -0.157. The molecule has 0 aliphatic carbocycles. The van der Waals surface area contributed by atoms with E-state index in [9.17, 15) is 9.59 Å². The Morgan fingerprint density at radius 2 is 1.78 bits per heavy atom. The third-order valence-corrected chi connectivity index (χ3v) is 3.53. The van der Waals surface area contributed by atoms with Gasteiger partial charge in [0.2, 0.25) is 5.91 Å². The van der Waals surface area contributed by atoms with Crippen molar-refractivity contribution in [2.75, 3.05) is 5.32 Å². The van der Waals surface area contributed by atoms with Gasteiger partial charge in [0.25, 0.3) is 5.91 Å². The predicted molar refractivity (Wildman–Crippen MR) is 92.3 cm³/mol. The maximum absolute atomic E-state index is 12.5. The minimum absolute atomic E-state index is 0.0156. The molecule has 2 amide bonds. The van der Waals surface area contributed by atoms with Crippen molar-refractivity contribution in [3.63, 3.8) is 0 Å². The van der Waals surface area contributed by atoms with Crippen LogP contribution in [0.2, 0.25) is 0 Å². The standard InChI is InChI=1S/C19H22N2O2/c1-3-8-18(15-9-5-4-6-10-15)21-19(23)16-11-7-12-17(13-16)20-14(2)22/h4-7,9-13,18H,3,8H2,1-2H3,(H,20,22)(H,21,23)/t18-/m0/s1. The fourth-order valence-corrected chi connectivity index (χ4v) is 2.48. The van der Waals surface area contributed by atoms with Crippen LogP contribution in [0.1, 0.15) is 48.7 Å². The van der Waals surface area contributed by atoms with Gasteiger partial charge in [0.05, 0.1) is 6.04 Å². The average Bonchev–Trinajstić information content (AvgIpc) is 2.55. The van der Waals surface area contributed by atoms with Crippen molar-refractivity contribution in [1.29, 1.82) is 0 Å². The summed E-state index contributed by atoms with van der Waals surface area (Å²) in [6.07, 6.45) is 1.85. The highest BCUT2D eigenvalue weighted by atomic mass is 16.2. The molecule has 2 aromatic rings. The number of rotatable bonds is 6. The molecule has 4 nitrogen and oxygen atoms in total. The van der Waals surface area contributed by atoms with E-state index in [1.54, 1.807) is 24.3 Å². The van der Waals surface area contributed by atoms with Gasteiger partial charge in [-0.3, -0.25) is 9.59 Å². The van der Waals surface area contributed by atoms with Gasteiger partial charge in [0, 0.05) is 18.2 Å². The molecule has 2 aromatic carbocycles. The van der Waals surface area contributed by atoms with E-state index in [2.05, 4.69) is 17.6 Å². The van der Waals surface area contributed by atoms with Crippen molar-refractivity contribution >= 4 is 17.5 Å². The van der Waals surface area contributed by atoms with E-state index in [-0.39, 0.29) is 17.9 Å². The van der Waals surface area contributed by atoms with Gasteiger partial charge in [-0.1, -0.05) is 49.7 Å². The summed E-state index contributed by atoms with van der Waals surface area (Å²) in [6.45, 7) is 3.54. The Morgan fingerprint density at radius 3 is 2.43 bits per heavy atom. The molecule has 23 heavy (non-hydrogen) atoms. The van der Waals surface area contributed by atoms with Gasteiger partial charge in [0.1, 0.15) is 0 Å². The molecule has 4 heteroatoms. The molecule has 0 spiro atoms. The Bertz CT molecular complexity index is 668. The summed E-state index contributed by atoms with van der Waals surface area (Å²) in [7, 11) is 0. The van der Waals surface area contributed by atoms with Crippen LogP contribution < -0.4 is 10.6 Å². The van der Waals surface area contributed by atoms with E-state index in [1.165, 1.54) is 6.92 Å². The monoisotopic (exact) mass is 310 g/mol. The Hall–Kier alpha value is -2.62. The fraction of sp³-hybridized carbons (Fsp3) is 0.263. The molecule has 0 aliphatic heterocycles. The zero-order valence-electron chi connectivity index (χ0n) is 13.5. The highest BCUT2D eigenvalue weighted by Crippen LogP contribution is 2.19. The van der Waals surface area contributed by atoms with Gasteiger partial charge in [-0.2, -0.15) is 0 Å². The average molecular weight is 310 g/mol. The van der Waals surface area contributed by atoms with Crippen molar-refractivity contribution in [2.24, 2.45) is 0 Å². The number of carbonyl (C=O) groups excluding carboxylic acids is 2. The van der Waals surface area contributed by atoms with Crippen LogP contribution in [0, 0.1) is 0 Å². The number of nitrogens with one attached hydrogen (secondary N) is 2. The van der Waals surface area contributed by atoms with E-state index >= 15 is 0 Å². The number of hydrogen-bond donors (Lipinski definition) is 2. The lowest BCUT2D eigenvalue weighted by molar-refractivity contribution is -0.114. The van der Waals surface area contributed by atoms with E-state index in [4.69, 9.17) is 0 Å².